The Kier molecular flexibility index (Phi) is 10.5. The Morgan fingerprint density at radius 1 is 0.810 bits per heavy atom. The van der Waals surface area contributed by atoms with E-state index in [1.807, 2.05) is 30.3 Å². The molecule has 0 aliphatic rings. The van der Waals surface area contributed by atoms with Crippen molar-refractivity contribution < 1.29 is 18.0 Å². The van der Waals surface area contributed by atoms with Crippen LogP contribution < -0.4 is 9.62 Å². The van der Waals surface area contributed by atoms with Crippen LogP contribution in [0.15, 0.2) is 108 Å². The van der Waals surface area contributed by atoms with Crippen molar-refractivity contribution in [1.29, 1.82) is 0 Å². The molecule has 0 heterocycles. The van der Waals surface area contributed by atoms with E-state index in [1.54, 1.807) is 54.6 Å². The third-order valence-corrected chi connectivity index (χ3v) is 9.35. The summed E-state index contributed by atoms with van der Waals surface area (Å²) in [5.41, 5.74) is 1.42. The number of sulfonamides is 1. The second kappa shape index (κ2) is 14.1. The molecule has 0 radical (unpaired) electrons. The number of likely N-dealkylation sites (N-methyl/N-ethyl adjacent to an activating group) is 1. The summed E-state index contributed by atoms with van der Waals surface area (Å²) in [7, 11) is -2.75. The summed E-state index contributed by atoms with van der Waals surface area (Å²) in [6.07, 6.45) is 0.164. The van der Waals surface area contributed by atoms with E-state index in [1.165, 1.54) is 30.1 Å². The molecule has 0 aliphatic carbocycles. The Bertz CT molecular complexity index is 1630. The summed E-state index contributed by atoms with van der Waals surface area (Å²) in [6, 6.07) is 27.1. The molecule has 42 heavy (non-hydrogen) atoms. The van der Waals surface area contributed by atoms with Gasteiger partial charge in [0.2, 0.25) is 11.8 Å². The quantitative estimate of drug-likeness (QED) is 0.210. The lowest BCUT2D eigenvalue weighted by molar-refractivity contribution is -0.139. The third kappa shape index (κ3) is 7.44. The van der Waals surface area contributed by atoms with Crippen LogP contribution in [-0.4, -0.2) is 44.8 Å². The van der Waals surface area contributed by atoms with E-state index in [0.29, 0.717) is 20.6 Å². The van der Waals surface area contributed by atoms with Gasteiger partial charge in [0.15, 0.2) is 0 Å². The number of carbonyl (C=O) groups is 2. The Morgan fingerprint density at radius 2 is 1.40 bits per heavy atom. The number of benzene rings is 4. The predicted molar refractivity (Wildman–Crippen MR) is 167 cm³/mol. The van der Waals surface area contributed by atoms with Crippen LogP contribution in [0.25, 0.3) is 0 Å². The lowest BCUT2D eigenvalue weighted by Gasteiger charge is -2.34. The molecule has 7 nitrogen and oxygen atoms in total. The fourth-order valence-electron chi connectivity index (χ4n) is 4.45. The first-order chi connectivity index (χ1) is 20.1. The maximum atomic E-state index is 14.3. The topological polar surface area (TPSA) is 86.8 Å². The minimum atomic E-state index is -4.22. The minimum absolute atomic E-state index is 0.00869. The minimum Gasteiger partial charge on any atom is -0.357 e. The van der Waals surface area contributed by atoms with Crippen molar-refractivity contribution in [2.75, 3.05) is 17.9 Å². The predicted octanol–water partition coefficient (Wildman–Crippen LogP) is 6.23. The zero-order chi connectivity index (χ0) is 30.3. The molecule has 0 unspecified atom stereocenters. The summed E-state index contributed by atoms with van der Waals surface area (Å²) in [4.78, 5) is 28.9. The Labute approximate surface area is 260 Å². The van der Waals surface area contributed by atoms with Gasteiger partial charge in [-0.1, -0.05) is 95.5 Å². The molecule has 1 N–H and O–H groups in total. The highest BCUT2D eigenvalue weighted by atomic mass is 35.5. The van der Waals surface area contributed by atoms with Gasteiger partial charge in [0.05, 0.1) is 10.6 Å². The SMILES string of the molecule is CNC(=O)[C@H](Cc1ccccc1)N(Cc1c(Cl)cccc1Cl)C(=O)CN(c1cccc(Cl)c1)S(=O)(=O)c1ccccc1. The lowest BCUT2D eigenvalue weighted by atomic mass is 10.0. The first-order valence-corrected chi connectivity index (χ1v) is 15.5. The Balaban J connectivity index is 1.82. The first kappa shape index (κ1) is 31.4. The van der Waals surface area contributed by atoms with Crippen molar-refractivity contribution >= 4 is 62.3 Å². The summed E-state index contributed by atoms with van der Waals surface area (Å²) in [5, 5.41) is 3.54. The molecule has 0 fully saturated rings. The summed E-state index contributed by atoms with van der Waals surface area (Å²) in [6.45, 7) is -0.765. The number of carbonyl (C=O) groups excluding carboxylic acids is 2. The maximum Gasteiger partial charge on any atom is 0.264 e. The number of hydrogen-bond donors (Lipinski definition) is 1. The number of rotatable bonds is 11. The van der Waals surface area contributed by atoms with E-state index < -0.39 is 34.4 Å². The maximum absolute atomic E-state index is 14.3. The molecule has 0 saturated carbocycles. The van der Waals surface area contributed by atoms with Gasteiger partial charge in [-0.15, -0.1) is 0 Å². The van der Waals surface area contributed by atoms with Crippen LogP contribution in [0.2, 0.25) is 15.1 Å². The molecule has 0 aromatic heterocycles. The van der Waals surface area contributed by atoms with Crippen LogP contribution >= 0.6 is 34.8 Å². The molecule has 0 bridgehead atoms. The molecule has 4 rings (SSSR count). The van der Waals surface area contributed by atoms with Gasteiger partial charge in [0.1, 0.15) is 12.6 Å². The molecule has 4 aromatic carbocycles. The van der Waals surface area contributed by atoms with Crippen LogP contribution in [0.4, 0.5) is 5.69 Å². The van der Waals surface area contributed by atoms with Gasteiger partial charge >= 0.3 is 0 Å². The lowest BCUT2D eigenvalue weighted by Crippen LogP contribution is -2.53. The summed E-state index contributed by atoms with van der Waals surface area (Å²) >= 11 is 19.2. The molecule has 11 heteroatoms. The summed E-state index contributed by atoms with van der Waals surface area (Å²) in [5.74, 6) is -1.08. The normalized spacial score (nSPS) is 11.9. The van der Waals surface area contributed by atoms with Gasteiger partial charge in [0.25, 0.3) is 10.0 Å². The zero-order valence-electron chi connectivity index (χ0n) is 22.6. The third-order valence-electron chi connectivity index (χ3n) is 6.61. The zero-order valence-corrected chi connectivity index (χ0v) is 25.7. The fourth-order valence-corrected chi connectivity index (χ4v) is 6.58. The van der Waals surface area contributed by atoms with Crippen LogP contribution in [0, 0.1) is 0 Å². The van der Waals surface area contributed by atoms with E-state index in [4.69, 9.17) is 34.8 Å². The highest BCUT2D eigenvalue weighted by molar-refractivity contribution is 7.92. The molecule has 0 spiro atoms. The standard InChI is InChI=1S/C31H28Cl3N3O4S/c1-35-31(39)29(18-22-10-4-2-5-11-22)36(20-26-27(33)16-9-17-28(26)34)30(38)21-37(24-13-8-12-23(32)19-24)42(40,41)25-14-6-3-7-15-25/h2-17,19,29H,18,20-21H2,1H3,(H,35,39)/t29-/m0/s1. The van der Waals surface area contributed by atoms with Crippen LogP contribution in [0.3, 0.4) is 0 Å². The number of hydrogen-bond acceptors (Lipinski definition) is 4. The van der Waals surface area contributed by atoms with Crippen LogP contribution in [0.5, 0.6) is 0 Å². The summed E-state index contributed by atoms with van der Waals surface area (Å²) < 4.78 is 28.8. The van der Waals surface area contributed by atoms with Crippen LogP contribution in [-0.2, 0) is 32.6 Å². The van der Waals surface area contributed by atoms with Crippen molar-refractivity contribution in [2.45, 2.75) is 23.9 Å². The number of amides is 2. The second-order valence-electron chi connectivity index (χ2n) is 9.35. The Morgan fingerprint density at radius 3 is 2.00 bits per heavy atom. The monoisotopic (exact) mass is 643 g/mol. The Hall–Kier alpha value is -3.56. The second-order valence-corrected chi connectivity index (χ2v) is 12.5. The van der Waals surface area contributed by atoms with Gasteiger partial charge in [0, 0.05) is 40.6 Å². The fraction of sp³-hybridized carbons (Fsp3) is 0.161. The van der Waals surface area contributed by atoms with Crippen molar-refractivity contribution in [3.05, 3.63) is 129 Å². The molecular weight excluding hydrogens is 617 g/mol. The highest BCUT2D eigenvalue weighted by Crippen LogP contribution is 2.29. The largest absolute Gasteiger partial charge is 0.357 e. The average Bonchev–Trinajstić information content (AvgIpc) is 2.99. The number of nitrogens with zero attached hydrogens (tertiary/aromatic N) is 2. The van der Waals surface area contributed by atoms with Gasteiger partial charge < -0.3 is 10.2 Å². The molecule has 1 atom stereocenters. The smallest absolute Gasteiger partial charge is 0.264 e. The van der Waals surface area contributed by atoms with Crippen LogP contribution in [0.1, 0.15) is 11.1 Å². The molecular formula is C31H28Cl3N3O4S. The van der Waals surface area contributed by atoms with Gasteiger partial charge in [-0.3, -0.25) is 13.9 Å². The van der Waals surface area contributed by atoms with E-state index in [-0.39, 0.29) is 23.5 Å². The van der Waals surface area contributed by atoms with Crippen molar-refractivity contribution in [1.82, 2.24) is 10.2 Å². The highest BCUT2D eigenvalue weighted by Gasteiger charge is 2.35. The van der Waals surface area contributed by atoms with E-state index in [2.05, 4.69) is 5.32 Å². The van der Waals surface area contributed by atoms with Gasteiger partial charge in [-0.05, 0) is 48.0 Å². The van der Waals surface area contributed by atoms with E-state index in [0.717, 1.165) is 9.87 Å². The first-order valence-electron chi connectivity index (χ1n) is 12.9. The average molecular weight is 645 g/mol. The van der Waals surface area contributed by atoms with Crippen molar-refractivity contribution in [3.8, 4) is 0 Å². The van der Waals surface area contributed by atoms with Crippen molar-refractivity contribution in [3.63, 3.8) is 0 Å². The number of anilines is 1. The molecule has 0 aliphatic heterocycles. The molecule has 218 valence electrons. The van der Waals surface area contributed by atoms with Gasteiger partial charge in [-0.2, -0.15) is 0 Å². The van der Waals surface area contributed by atoms with E-state index in [9.17, 15) is 18.0 Å². The molecule has 0 saturated heterocycles. The number of halogens is 3. The molecule has 2 amide bonds. The molecule has 4 aromatic rings. The number of nitrogens with one attached hydrogen (secondary N) is 1. The van der Waals surface area contributed by atoms with E-state index >= 15 is 0 Å². The van der Waals surface area contributed by atoms with Gasteiger partial charge in [-0.25, -0.2) is 8.42 Å². The van der Waals surface area contributed by atoms with Crippen molar-refractivity contribution in [2.24, 2.45) is 0 Å².